The van der Waals surface area contributed by atoms with Crippen LogP contribution >= 0.6 is 0 Å². The van der Waals surface area contributed by atoms with E-state index in [2.05, 4.69) is 0 Å². The van der Waals surface area contributed by atoms with Gasteiger partial charge in [0.15, 0.2) is 9.84 Å². The van der Waals surface area contributed by atoms with Crippen LogP contribution in [0.3, 0.4) is 0 Å². The van der Waals surface area contributed by atoms with Gasteiger partial charge in [-0.1, -0.05) is 25.2 Å². The second-order valence-corrected chi connectivity index (χ2v) is 6.45. The summed E-state index contributed by atoms with van der Waals surface area (Å²) < 4.78 is 23.1. The molecule has 4 nitrogen and oxygen atoms in total. The van der Waals surface area contributed by atoms with Crippen LogP contribution in [0, 0.1) is 0 Å². The molecular weight excluding hydrogens is 250 g/mol. The largest absolute Gasteiger partial charge is 0.336 e. The Balaban J connectivity index is 4.72. The monoisotopic (exact) mass is 273 g/mol. The van der Waals surface area contributed by atoms with E-state index in [1.54, 1.807) is 30.9 Å². The molecule has 0 heterocycles. The van der Waals surface area contributed by atoms with E-state index in [9.17, 15) is 13.2 Å². The standard InChI is InChI=1S/C13H23NO3S/c1-5-8-9-10-13(15)14(6-2)12(4)11-18(16,17)7-3/h5,8-10,12H,6-7,11H2,1-4H3/b8-5+,10-9+. The second-order valence-electron chi connectivity index (χ2n) is 4.06. The van der Waals surface area contributed by atoms with Crippen molar-refractivity contribution < 1.29 is 13.2 Å². The zero-order valence-corrected chi connectivity index (χ0v) is 12.4. The highest BCUT2D eigenvalue weighted by atomic mass is 32.2. The van der Waals surface area contributed by atoms with Crippen LogP contribution in [-0.2, 0) is 14.6 Å². The van der Waals surface area contributed by atoms with Gasteiger partial charge in [-0.2, -0.15) is 0 Å². The van der Waals surface area contributed by atoms with Crippen molar-refractivity contribution >= 4 is 15.7 Å². The minimum atomic E-state index is -3.06. The van der Waals surface area contributed by atoms with Crippen LogP contribution in [0.4, 0.5) is 0 Å². The van der Waals surface area contributed by atoms with Gasteiger partial charge in [0.05, 0.1) is 5.75 Å². The van der Waals surface area contributed by atoms with Crippen LogP contribution in [-0.4, -0.2) is 43.3 Å². The van der Waals surface area contributed by atoms with Crippen molar-refractivity contribution in [2.24, 2.45) is 0 Å². The van der Waals surface area contributed by atoms with E-state index in [-0.39, 0.29) is 23.5 Å². The first-order valence-corrected chi connectivity index (χ1v) is 8.00. The van der Waals surface area contributed by atoms with Crippen molar-refractivity contribution in [2.75, 3.05) is 18.1 Å². The third-order valence-corrected chi connectivity index (χ3v) is 4.50. The lowest BCUT2D eigenvalue weighted by Gasteiger charge is -2.26. The summed E-state index contributed by atoms with van der Waals surface area (Å²) in [4.78, 5) is 13.4. The maximum Gasteiger partial charge on any atom is 0.246 e. The molecule has 0 spiro atoms. The zero-order chi connectivity index (χ0) is 14.2. The number of carbonyl (C=O) groups is 1. The Hall–Kier alpha value is -1.10. The van der Waals surface area contributed by atoms with E-state index in [4.69, 9.17) is 0 Å². The molecule has 104 valence electrons. The number of likely N-dealkylation sites (N-methyl/N-ethyl adjacent to an activating group) is 1. The smallest absolute Gasteiger partial charge is 0.246 e. The van der Waals surface area contributed by atoms with Gasteiger partial charge in [-0.25, -0.2) is 8.42 Å². The molecule has 0 N–H and O–H groups in total. The Bertz CT molecular complexity index is 410. The van der Waals surface area contributed by atoms with Crippen LogP contribution in [0.25, 0.3) is 0 Å². The topological polar surface area (TPSA) is 54.5 Å². The van der Waals surface area contributed by atoms with E-state index in [0.29, 0.717) is 6.54 Å². The van der Waals surface area contributed by atoms with Crippen molar-refractivity contribution in [1.82, 2.24) is 4.90 Å². The molecule has 0 radical (unpaired) electrons. The van der Waals surface area contributed by atoms with Gasteiger partial charge in [-0.15, -0.1) is 0 Å². The molecule has 1 amide bonds. The molecular formula is C13H23NO3S. The summed E-state index contributed by atoms with van der Waals surface area (Å²) >= 11 is 0. The number of rotatable bonds is 7. The fourth-order valence-electron chi connectivity index (χ4n) is 1.60. The van der Waals surface area contributed by atoms with Gasteiger partial charge in [0.2, 0.25) is 5.91 Å². The molecule has 0 aromatic heterocycles. The molecule has 1 atom stereocenters. The van der Waals surface area contributed by atoms with Crippen LogP contribution in [0.15, 0.2) is 24.3 Å². The van der Waals surface area contributed by atoms with E-state index < -0.39 is 9.84 Å². The van der Waals surface area contributed by atoms with Gasteiger partial charge in [0, 0.05) is 24.4 Å². The Morgan fingerprint density at radius 3 is 2.33 bits per heavy atom. The highest BCUT2D eigenvalue weighted by Gasteiger charge is 2.21. The molecule has 0 aliphatic rings. The summed E-state index contributed by atoms with van der Waals surface area (Å²) in [6.07, 6.45) is 6.70. The Labute approximate surface area is 110 Å². The number of amides is 1. The predicted octanol–water partition coefficient (Wildman–Crippen LogP) is 1.79. The molecule has 0 aromatic carbocycles. The number of carbonyl (C=O) groups excluding carboxylic acids is 1. The van der Waals surface area contributed by atoms with Gasteiger partial charge >= 0.3 is 0 Å². The fourth-order valence-corrected chi connectivity index (χ4v) is 2.76. The first-order valence-electron chi connectivity index (χ1n) is 6.18. The molecule has 0 bridgehead atoms. The molecule has 5 heteroatoms. The lowest BCUT2D eigenvalue weighted by atomic mass is 10.3. The number of hydrogen-bond donors (Lipinski definition) is 0. The molecule has 0 saturated heterocycles. The first kappa shape index (κ1) is 16.9. The molecule has 0 aliphatic carbocycles. The number of nitrogens with zero attached hydrogens (tertiary/aromatic N) is 1. The van der Waals surface area contributed by atoms with Crippen molar-refractivity contribution in [3.63, 3.8) is 0 Å². The average Bonchev–Trinajstić information content (AvgIpc) is 2.29. The lowest BCUT2D eigenvalue weighted by molar-refractivity contribution is -0.127. The molecule has 0 rings (SSSR count). The zero-order valence-electron chi connectivity index (χ0n) is 11.6. The van der Waals surface area contributed by atoms with Crippen molar-refractivity contribution in [1.29, 1.82) is 0 Å². The minimum absolute atomic E-state index is 0.0144. The predicted molar refractivity (Wildman–Crippen MR) is 75.1 cm³/mol. The van der Waals surface area contributed by atoms with Crippen LogP contribution < -0.4 is 0 Å². The maximum atomic E-state index is 11.9. The van der Waals surface area contributed by atoms with Gasteiger partial charge in [-0.05, 0) is 20.8 Å². The van der Waals surface area contributed by atoms with Crippen LogP contribution in [0.1, 0.15) is 27.7 Å². The third-order valence-electron chi connectivity index (χ3n) is 2.63. The molecule has 0 aliphatic heterocycles. The number of hydrogen-bond acceptors (Lipinski definition) is 3. The Morgan fingerprint density at radius 2 is 1.89 bits per heavy atom. The van der Waals surface area contributed by atoms with Gasteiger partial charge in [-0.3, -0.25) is 4.79 Å². The van der Waals surface area contributed by atoms with E-state index in [1.807, 2.05) is 19.9 Å². The van der Waals surface area contributed by atoms with Crippen molar-refractivity contribution in [2.45, 2.75) is 33.7 Å². The first-order chi connectivity index (χ1) is 8.37. The summed E-state index contributed by atoms with van der Waals surface area (Å²) in [6.45, 7) is 7.59. The average molecular weight is 273 g/mol. The van der Waals surface area contributed by atoms with Crippen LogP contribution in [0.2, 0.25) is 0 Å². The molecule has 18 heavy (non-hydrogen) atoms. The normalized spacial score (nSPS) is 14.2. The second kappa shape index (κ2) is 8.08. The van der Waals surface area contributed by atoms with Crippen LogP contribution in [0.5, 0.6) is 0 Å². The Morgan fingerprint density at radius 1 is 1.28 bits per heavy atom. The molecule has 0 saturated carbocycles. The number of allylic oxidation sites excluding steroid dienone is 3. The third kappa shape index (κ3) is 6.00. The van der Waals surface area contributed by atoms with Crippen molar-refractivity contribution in [3.8, 4) is 0 Å². The van der Waals surface area contributed by atoms with Gasteiger partial charge in [0.25, 0.3) is 0 Å². The summed E-state index contributed by atoms with van der Waals surface area (Å²) in [5.41, 5.74) is 0. The summed E-state index contributed by atoms with van der Waals surface area (Å²) in [6, 6.07) is -0.303. The minimum Gasteiger partial charge on any atom is -0.336 e. The van der Waals surface area contributed by atoms with E-state index in [1.165, 1.54) is 6.08 Å². The number of sulfone groups is 1. The summed E-state index contributed by atoms with van der Waals surface area (Å²) in [5.74, 6) is -0.0349. The fraction of sp³-hybridized carbons (Fsp3) is 0.615. The quantitative estimate of drug-likeness (QED) is 0.525. The molecule has 1 unspecified atom stereocenters. The van der Waals surface area contributed by atoms with E-state index >= 15 is 0 Å². The highest BCUT2D eigenvalue weighted by molar-refractivity contribution is 7.91. The summed E-state index contributed by atoms with van der Waals surface area (Å²) in [7, 11) is -3.06. The summed E-state index contributed by atoms with van der Waals surface area (Å²) in [5, 5.41) is 0. The van der Waals surface area contributed by atoms with Gasteiger partial charge in [0.1, 0.15) is 0 Å². The van der Waals surface area contributed by atoms with Crippen molar-refractivity contribution in [3.05, 3.63) is 24.3 Å². The molecule has 0 fully saturated rings. The van der Waals surface area contributed by atoms with Gasteiger partial charge < -0.3 is 4.90 Å². The highest BCUT2D eigenvalue weighted by Crippen LogP contribution is 2.05. The van der Waals surface area contributed by atoms with E-state index in [0.717, 1.165) is 0 Å². The lowest BCUT2D eigenvalue weighted by Crippen LogP contribution is -2.41. The SMILES string of the molecule is C/C=C/C=C/C(=O)N(CC)C(C)CS(=O)(=O)CC. The Kier molecular flexibility index (Phi) is 7.59. The molecule has 0 aromatic rings. The maximum absolute atomic E-state index is 11.9.